The average molecular weight is 330 g/mol. The summed E-state index contributed by atoms with van der Waals surface area (Å²) in [6.07, 6.45) is -4.33. The van der Waals surface area contributed by atoms with E-state index in [2.05, 4.69) is 11.6 Å². The molecule has 122 valence electrons. The van der Waals surface area contributed by atoms with Crippen LogP contribution < -0.4 is 0 Å². The van der Waals surface area contributed by atoms with Gasteiger partial charge in [0.2, 0.25) is 0 Å². The van der Waals surface area contributed by atoms with Crippen LogP contribution in [0.1, 0.15) is 12.0 Å². The Labute approximate surface area is 128 Å². The van der Waals surface area contributed by atoms with Gasteiger partial charge in [0.15, 0.2) is 0 Å². The minimum Gasteiger partial charge on any atom is -0.310 e. The summed E-state index contributed by atoms with van der Waals surface area (Å²) in [6, 6.07) is 6.83. The van der Waals surface area contributed by atoms with Crippen LogP contribution in [0.5, 0.6) is 0 Å². The number of rotatable bonds is 1. The first-order valence-electron chi connectivity index (χ1n) is 6.72. The van der Waals surface area contributed by atoms with Crippen LogP contribution in [-0.4, -0.2) is 35.7 Å². The molecule has 1 saturated heterocycles. The summed E-state index contributed by atoms with van der Waals surface area (Å²) in [5.74, 6) is -7.75. The van der Waals surface area contributed by atoms with Crippen LogP contribution in [-0.2, 0) is 10.2 Å². The Morgan fingerprint density at radius 3 is 2.52 bits per heavy atom. The predicted octanol–water partition coefficient (Wildman–Crippen LogP) is 3.58. The molecule has 0 N–H and O–H groups in total. The van der Waals surface area contributed by atoms with Crippen LogP contribution in [0.2, 0.25) is 0 Å². The molecule has 1 fully saturated rings. The SMILES string of the molecule is C=C1N(C(=O)C(F)(F)C(F)(F)F)CCC12C=Nc1ccccc12. The van der Waals surface area contributed by atoms with Gasteiger partial charge in [-0.25, -0.2) is 0 Å². The largest absolute Gasteiger partial charge is 0.463 e. The van der Waals surface area contributed by atoms with Crippen molar-refractivity contribution >= 4 is 17.8 Å². The van der Waals surface area contributed by atoms with Gasteiger partial charge in [0, 0.05) is 18.5 Å². The van der Waals surface area contributed by atoms with E-state index >= 15 is 0 Å². The predicted molar refractivity (Wildman–Crippen MR) is 72.7 cm³/mol. The second-order valence-corrected chi connectivity index (χ2v) is 5.47. The van der Waals surface area contributed by atoms with Crippen molar-refractivity contribution in [2.24, 2.45) is 4.99 Å². The lowest BCUT2D eigenvalue weighted by Gasteiger charge is -2.28. The molecule has 2 aliphatic heterocycles. The van der Waals surface area contributed by atoms with Gasteiger partial charge in [0.05, 0.1) is 11.1 Å². The van der Waals surface area contributed by atoms with E-state index in [0.29, 0.717) is 16.2 Å². The maximum absolute atomic E-state index is 13.3. The average Bonchev–Trinajstić information content (AvgIpc) is 3.01. The molecule has 2 aliphatic rings. The van der Waals surface area contributed by atoms with Crippen LogP contribution in [0.3, 0.4) is 0 Å². The molecule has 1 atom stereocenters. The number of para-hydroxylation sites is 1. The number of fused-ring (bicyclic) bond motifs is 2. The third-order valence-electron chi connectivity index (χ3n) is 4.25. The lowest BCUT2D eigenvalue weighted by Crippen LogP contribution is -2.51. The highest BCUT2D eigenvalue weighted by Crippen LogP contribution is 2.49. The first kappa shape index (κ1) is 15.6. The first-order valence-corrected chi connectivity index (χ1v) is 6.72. The van der Waals surface area contributed by atoms with E-state index in [4.69, 9.17) is 0 Å². The molecular weight excluding hydrogens is 319 g/mol. The van der Waals surface area contributed by atoms with Gasteiger partial charge in [-0.2, -0.15) is 22.0 Å². The van der Waals surface area contributed by atoms with Crippen molar-refractivity contribution in [2.45, 2.75) is 23.9 Å². The Balaban J connectivity index is 1.95. The number of aliphatic imine (C=N–C) groups is 1. The zero-order valence-electron chi connectivity index (χ0n) is 11.7. The van der Waals surface area contributed by atoms with E-state index in [1.807, 2.05) is 0 Å². The number of benzene rings is 1. The molecule has 3 rings (SSSR count). The molecule has 1 aromatic carbocycles. The fourth-order valence-electron chi connectivity index (χ4n) is 2.97. The number of allylic oxidation sites excluding steroid dienone is 1. The van der Waals surface area contributed by atoms with Crippen molar-refractivity contribution in [3.05, 3.63) is 42.1 Å². The van der Waals surface area contributed by atoms with Crippen molar-refractivity contribution in [1.29, 1.82) is 0 Å². The van der Waals surface area contributed by atoms with Crippen LogP contribution in [0, 0.1) is 0 Å². The van der Waals surface area contributed by atoms with E-state index in [0.717, 1.165) is 0 Å². The maximum atomic E-state index is 13.3. The quantitative estimate of drug-likeness (QED) is 0.725. The second-order valence-electron chi connectivity index (χ2n) is 5.47. The lowest BCUT2D eigenvalue weighted by molar-refractivity contribution is -0.273. The summed E-state index contributed by atoms with van der Waals surface area (Å²) in [5.41, 5.74) is 0.120. The number of halogens is 5. The molecule has 0 radical (unpaired) electrons. The van der Waals surface area contributed by atoms with Crippen molar-refractivity contribution in [3.8, 4) is 0 Å². The summed E-state index contributed by atoms with van der Waals surface area (Å²) in [7, 11) is 0. The number of nitrogens with zero attached hydrogens (tertiary/aromatic N) is 2. The molecule has 0 aliphatic carbocycles. The lowest BCUT2D eigenvalue weighted by atomic mass is 9.79. The standard InChI is InChI=1S/C15H11F5N2O/c1-9-13(8-21-11-5-3-2-4-10(11)13)6-7-22(9)12(23)14(16,17)15(18,19)20/h2-5,8H,1,6-7H2. The van der Waals surface area contributed by atoms with Gasteiger partial charge in [-0.1, -0.05) is 24.8 Å². The molecule has 1 aromatic rings. The molecule has 0 aromatic heterocycles. The second kappa shape index (κ2) is 4.62. The third kappa shape index (κ3) is 2.00. The van der Waals surface area contributed by atoms with E-state index in [-0.39, 0.29) is 18.7 Å². The number of likely N-dealkylation sites (tertiary alicyclic amines) is 1. The van der Waals surface area contributed by atoms with Crippen molar-refractivity contribution in [3.63, 3.8) is 0 Å². The van der Waals surface area contributed by atoms with Gasteiger partial charge < -0.3 is 4.90 Å². The fraction of sp³-hybridized carbons (Fsp3) is 0.333. The highest BCUT2D eigenvalue weighted by atomic mass is 19.4. The van der Waals surface area contributed by atoms with Gasteiger partial charge in [-0.05, 0) is 18.1 Å². The number of hydrogen-bond donors (Lipinski definition) is 0. The summed E-state index contributed by atoms with van der Waals surface area (Å²) in [5, 5.41) is 0. The van der Waals surface area contributed by atoms with E-state index in [9.17, 15) is 26.7 Å². The van der Waals surface area contributed by atoms with E-state index < -0.39 is 23.4 Å². The van der Waals surface area contributed by atoms with E-state index in [1.54, 1.807) is 24.3 Å². The van der Waals surface area contributed by atoms with Crippen LogP contribution in [0.4, 0.5) is 27.6 Å². The normalized spacial score (nSPS) is 23.7. The van der Waals surface area contributed by atoms with Crippen molar-refractivity contribution in [1.82, 2.24) is 4.90 Å². The molecule has 1 unspecified atom stereocenters. The third-order valence-corrected chi connectivity index (χ3v) is 4.25. The fourth-order valence-corrected chi connectivity index (χ4v) is 2.97. The molecule has 2 heterocycles. The number of carbonyl (C=O) groups is 1. The Kier molecular flexibility index (Phi) is 3.14. The monoisotopic (exact) mass is 330 g/mol. The van der Waals surface area contributed by atoms with E-state index in [1.165, 1.54) is 6.21 Å². The Bertz CT molecular complexity index is 725. The van der Waals surface area contributed by atoms with Crippen LogP contribution in [0.15, 0.2) is 41.5 Å². The summed E-state index contributed by atoms with van der Waals surface area (Å²) in [6.45, 7) is 3.33. The number of amides is 1. The highest BCUT2D eigenvalue weighted by molar-refractivity contribution is 5.94. The van der Waals surface area contributed by atoms with Gasteiger partial charge in [-0.3, -0.25) is 9.79 Å². The van der Waals surface area contributed by atoms with Gasteiger partial charge in [0.1, 0.15) is 0 Å². The Hall–Kier alpha value is -2.25. The van der Waals surface area contributed by atoms with Crippen molar-refractivity contribution < 1.29 is 26.7 Å². The van der Waals surface area contributed by atoms with Crippen molar-refractivity contribution in [2.75, 3.05) is 6.54 Å². The molecule has 1 spiro atoms. The van der Waals surface area contributed by atoms with Gasteiger partial charge >= 0.3 is 18.0 Å². The number of hydrogen-bond acceptors (Lipinski definition) is 2. The first-order chi connectivity index (χ1) is 10.6. The molecule has 0 bridgehead atoms. The van der Waals surface area contributed by atoms with Gasteiger partial charge in [0.25, 0.3) is 0 Å². The highest BCUT2D eigenvalue weighted by Gasteiger charge is 2.66. The Morgan fingerprint density at radius 1 is 1.22 bits per heavy atom. The van der Waals surface area contributed by atoms with Crippen LogP contribution >= 0.6 is 0 Å². The molecule has 1 amide bonds. The number of carbonyl (C=O) groups excluding carboxylic acids is 1. The summed E-state index contributed by atoms with van der Waals surface area (Å²) in [4.78, 5) is 16.3. The zero-order chi connectivity index (χ0) is 17.0. The Morgan fingerprint density at radius 2 is 1.87 bits per heavy atom. The van der Waals surface area contributed by atoms with Gasteiger partial charge in [-0.15, -0.1) is 0 Å². The molecular formula is C15H11F5N2O. The molecule has 23 heavy (non-hydrogen) atoms. The topological polar surface area (TPSA) is 32.7 Å². The molecule has 0 saturated carbocycles. The number of alkyl halides is 5. The minimum atomic E-state index is -5.94. The summed E-state index contributed by atoms with van der Waals surface area (Å²) < 4.78 is 63.9. The maximum Gasteiger partial charge on any atom is 0.463 e. The summed E-state index contributed by atoms with van der Waals surface area (Å²) >= 11 is 0. The molecule has 3 nitrogen and oxygen atoms in total. The minimum absolute atomic E-state index is 0.111. The smallest absolute Gasteiger partial charge is 0.310 e. The zero-order valence-corrected chi connectivity index (χ0v) is 11.7. The van der Waals surface area contributed by atoms with Crippen LogP contribution in [0.25, 0.3) is 0 Å². The molecule has 8 heteroatoms.